The number of rotatable bonds is 5. The van der Waals surface area contributed by atoms with Gasteiger partial charge in [-0.3, -0.25) is 24.5 Å². The summed E-state index contributed by atoms with van der Waals surface area (Å²) in [5, 5.41) is 10.6. The molecule has 3 aromatic rings. The van der Waals surface area contributed by atoms with Crippen molar-refractivity contribution in [2.75, 3.05) is 11.9 Å². The Kier molecular flexibility index (Phi) is 5.89. The van der Waals surface area contributed by atoms with Crippen molar-refractivity contribution in [1.29, 1.82) is 0 Å². The minimum absolute atomic E-state index is 0.104. The van der Waals surface area contributed by atoms with E-state index in [4.69, 9.17) is 5.84 Å². The average Bonchev–Trinajstić information content (AvgIpc) is 2.74. The van der Waals surface area contributed by atoms with Gasteiger partial charge in [-0.05, 0) is 35.1 Å². The molecule has 0 saturated carbocycles. The van der Waals surface area contributed by atoms with Crippen LogP contribution in [0.1, 0.15) is 24.2 Å². The van der Waals surface area contributed by atoms with Gasteiger partial charge in [0.15, 0.2) is 0 Å². The van der Waals surface area contributed by atoms with E-state index in [0.717, 1.165) is 10.5 Å². The Morgan fingerprint density at radius 3 is 2.37 bits per heavy atom. The average molecular weight is 408 g/mol. The number of hydrogen-bond acceptors (Lipinski definition) is 4. The third-order valence-electron chi connectivity index (χ3n) is 4.85. The number of carbonyl (C=O) groups excluding carboxylic acids is 1. The van der Waals surface area contributed by atoms with Crippen LogP contribution in [0.3, 0.4) is 0 Å². The molecular formula is C22H24N4O4. The van der Waals surface area contributed by atoms with E-state index in [-0.39, 0.29) is 22.9 Å². The Morgan fingerprint density at radius 2 is 1.80 bits per heavy atom. The van der Waals surface area contributed by atoms with Gasteiger partial charge in [-0.1, -0.05) is 44.2 Å². The van der Waals surface area contributed by atoms with Gasteiger partial charge in [-0.2, -0.15) is 0 Å². The van der Waals surface area contributed by atoms with E-state index in [1.165, 1.54) is 17.7 Å². The number of nitrogens with two attached hydrogens (primary N) is 1. The van der Waals surface area contributed by atoms with E-state index in [0.29, 0.717) is 22.9 Å². The lowest BCUT2D eigenvalue weighted by Crippen LogP contribution is -2.34. The number of hydrogen-bond donors (Lipinski definition) is 3. The molecule has 30 heavy (non-hydrogen) atoms. The molecule has 4 N–H and O–H groups in total. The van der Waals surface area contributed by atoms with E-state index in [1.54, 1.807) is 12.1 Å². The fraction of sp³-hybridized carbons (Fsp3) is 0.227. The van der Waals surface area contributed by atoms with Gasteiger partial charge < -0.3 is 5.11 Å². The first-order valence-electron chi connectivity index (χ1n) is 9.49. The molecule has 0 atom stereocenters. The zero-order valence-electron chi connectivity index (χ0n) is 17.0. The highest BCUT2D eigenvalue weighted by atomic mass is 16.4. The van der Waals surface area contributed by atoms with Gasteiger partial charge in [0.05, 0.1) is 0 Å². The van der Waals surface area contributed by atoms with Crippen molar-refractivity contribution >= 4 is 28.6 Å². The van der Waals surface area contributed by atoms with Crippen molar-refractivity contribution in [3.63, 3.8) is 0 Å². The fourth-order valence-corrected chi connectivity index (χ4v) is 3.52. The Morgan fingerprint density at radius 1 is 1.13 bits per heavy atom. The van der Waals surface area contributed by atoms with Crippen molar-refractivity contribution < 1.29 is 14.7 Å². The Balaban J connectivity index is 2.55. The molecule has 156 valence electrons. The van der Waals surface area contributed by atoms with Crippen LogP contribution in [0.4, 0.5) is 10.6 Å². The predicted octanol–water partition coefficient (Wildman–Crippen LogP) is 3.04. The number of fused-ring (bicyclic) bond motifs is 1. The van der Waals surface area contributed by atoms with Gasteiger partial charge in [0.1, 0.15) is 5.82 Å². The molecule has 0 bridgehead atoms. The van der Waals surface area contributed by atoms with Crippen LogP contribution in [0.5, 0.6) is 0 Å². The standard InChI is InChI=1S/C22H24N4O4/c1-13(2)12-26-20(25(3)22(29)30)18(14-7-5-4-6-8-14)17-11-15(19(27)24-23)9-10-16(17)21(26)28/h4-11,13H,12,23H2,1-3H3,(H,24,27)(H,29,30). The third-order valence-corrected chi connectivity index (χ3v) is 4.85. The van der Waals surface area contributed by atoms with Gasteiger partial charge in [0.25, 0.3) is 11.5 Å². The number of pyridine rings is 1. The van der Waals surface area contributed by atoms with Crippen LogP contribution >= 0.6 is 0 Å². The van der Waals surface area contributed by atoms with Gasteiger partial charge in [-0.25, -0.2) is 10.6 Å². The third kappa shape index (κ3) is 3.77. The van der Waals surface area contributed by atoms with Crippen molar-refractivity contribution in [2.24, 2.45) is 11.8 Å². The number of carboxylic acid groups (broad SMARTS) is 1. The highest BCUT2D eigenvalue weighted by Crippen LogP contribution is 2.36. The summed E-state index contributed by atoms with van der Waals surface area (Å²) in [6.45, 7) is 4.25. The molecule has 0 aliphatic rings. The second kappa shape index (κ2) is 8.38. The summed E-state index contributed by atoms with van der Waals surface area (Å²) >= 11 is 0. The maximum Gasteiger partial charge on any atom is 0.412 e. The number of carbonyl (C=O) groups is 2. The number of hydrazine groups is 1. The predicted molar refractivity (Wildman–Crippen MR) is 117 cm³/mol. The molecule has 8 heteroatoms. The molecule has 0 saturated heterocycles. The molecule has 2 amide bonds. The summed E-state index contributed by atoms with van der Waals surface area (Å²) in [6.07, 6.45) is -1.20. The SMILES string of the molecule is CC(C)Cn1c(N(C)C(=O)O)c(-c2ccccc2)c2cc(C(=O)NN)ccc2c1=O. The van der Waals surface area contributed by atoms with Crippen LogP contribution in [-0.4, -0.2) is 28.7 Å². The molecule has 0 aliphatic carbocycles. The molecule has 1 heterocycles. The van der Waals surface area contributed by atoms with Crippen LogP contribution < -0.4 is 21.7 Å². The van der Waals surface area contributed by atoms with Crippen LogP contribution in [0, 0.1) is 5.92 Å². The lowest BCUT2D eigenvalue weighted by molar-refractivity contribution is 0.0953. The second-order valence-corrected chi connectivity index (χ2v) is 7.45. The Labute approximate surface area is 173 Å². The van der Waals surface area contributed by atoms with Crippen LogP contribution in [0.15, 0.2) is 53.3 Å². The largest absolute Gasteiger partial charge is 0.465 e. The van der Waals surface area contributed by atoms with E-state index in [1.807, 2.05) is 44.2 Å². The smallest absolute Gasteiger partial charge is 0.412 e. The minimum atomic E-state index is -1.20. The monoisotopic (exact) mass is 408 g/mol. The normalized spacial score (nSPS) is 11.0. The van der Waals surface area contributed by atoms with Gasteiger partial charge >= 0.3 is 6.09 Å². The summed E-state index contributed by atoms with van der Waals surface area (Å²) in [4.78, 5) is 38.4. The van der Waals surface area contributed by atoms with Gasteiger partial charge in [0.2, 0.25) is 0 Å². The first-order chi connectivity index (χ1) is 14.3. The fourth-order valence-electron chi connectivity index (χ4n) is 3.52. The quantitative estimate of drug-likeness (QED) is 0.341. The van der Waals surface area contributed by atoms with Crippen LogP contribution in [0.25, 0.3) is 21.9 Å². The van der Waals surface area contributed by atoms with Crippen molar-refractivity contribution in [3.05, 3.63) is 64.4 Å². The van der Waals surface area contributed by atoms with Gasteiger partial charge in [-0.15, -0.1) is 0 Å². The molecule has 1 aromatic heterocycles. The Bertz CT molecular complexity index is 1170. The maximum atomic E-state index is 13.4. The molecule has 0 fully saturated rings. The number of nitrogens with zero attached hydrogens (tertiary/aromatic N) is 2. The number of benzene rings is 2. The van der Waals surface area contributed by atoms with Gasteiger partial charge in [0, 0.05) is 30.1 Å². The van der Waals surface area contributed by atoms with Crippen molar-refractivity contribution in [2.45, 2.75) is 20.4 Å². The number of nitrogens with one attached hydrogen (secondary N) is 1. The number of nitrogen functional groups attached to an aromatic ring is 1. The van der Waals surface area contributed by atoms with Crippen molar-refractivity contribution in [3.8, 4) is 11.1 Å². The molecule has 3 rings (SSSR count). The molecular weight excluding hydrogens is 384 g/mol. The van der Waals surface area contributed by atoms with E-state index in [2.05, 4.69) is 5.43 Å². The lowest BCUT2D eigenvalue weighted by atomic mass is 9.96. The maximum absolute atomic E-state index is 13.4. The van der Waals surface area contributed by atoms with Crippen LogP contribution in [-0.2, 0) is 6.54 Å². The zero-order valence-corrected chi connectivity index (χ0v) is 17.0. The molecule has 8 nitrogen and oxygen atoms in total. The molecule has 0 aliphatic heterocycles. The second-order valence-electron chi connectivity index (χ2n) is 7.45. The summed E-state index contributed by atoms with van der Waals surface area (Å²) in [5.41, 5.74) is 3.33. The number of amides is 2. The number of anilines is 1. The molecule has 0 radical (unpaired) electrons. The Hall–Kier alpha value is -3.65. The van der Waals surface area contributed by atoms with Crippen LogP contribution in [0.2, 0.25) is 0 Å². The van der Waals surface area contributed by atoms with E-state index >= 15 is 0 Å². The van der Waals surface area contributed by atoms with E-state index in [9.17, 15) is 19.5 Å². The van der Waals surface area contributed by atoms with Crippen molar-refractivity contribution in [1.82, 2.24) is 9.99 Å². The first kappa shape index (κ1) is 21.1. The molecule has 0 unspecified atom stereocenters. The zero-order chi connectivity index (χ0) is 22.0. The summed E-state index contributed by atoms with van der Waals surface area (Å²) in [5.74, 6) is 5.13. The topological polar surface area (TPSA) is 118 Å². The first-order valence-corrected chi connectivity index (χ1v) is 9.49. The minimum Gasteiger partial charge on any atom is -0.465 e. The number of aromatic nitrogens is 1. The molecule has 0 spiro atoms. The summed E-state index contributed by atoms with van der Waals surface area (Å²) in [6, 6.07) is 13.9. The lowest BCUT2D eigenvalue weighted by Gasteiger charge is -2.26. The highest BCUT2D eigenvalue weighted by molar-refractivity contribution is 6.07. The van der Waals surface area contributed by atoms with E-state index < -0.39 is 12.0 Å². The molecule has 2 aromatic carbocycles. The summed E-state index contributed by atoms with van der Waals surface area (Å²) in [7, 11) is 1.41. The highest BCUT2D eigenvalue weighted by Gasteiger charge is 2.25. The summed E-state index contributed by atoms with van der Waals surface area (Å²) < 4.78 is 1.49.